The molecule has 0 spiro atoms. The molecule has 1 saturated heterocycles. The van der Waals surface area contributed by atoms with Gasteiger partial charge in [-0.15, -0.1) is 11.8 Å². The van der Waals surface area contributed by atoms with E-state index < -0.39 is 64.6 Å². The molecule has 2 aliphatic rings. The molecule has 2 heterocycles. The Bertz CT molecular complexity index is 1100. The number of carbonyl (C=O) groups excluding carboxylic acids is 4. The number of thioether (sulfide) groups is 1. The molecule has 1 fully saturated rings. The van der Waals surface area contributed by atoms with Gasteiger partial charge in [0.1, 0.15) is 16.7 Å². The number of benzene rings is 1. The molecular weight excluding hydrogens is 492 g/mol. The average Bonchev–Trinajstić information content (AvgIpc) is 2.77. The molecule has 0 bridgehead atoms. The quantitative estimate of drug-likeness (QED) is 0.223. The summed E-state index contributed by atoms with van der Waals surface area (Å²) in [4.78, 5) is 64.0. The summed E-state index contributed by atoms with van der Waals surface area (Å²) in [6, 6.07) is 8.15. The van der Waals surface area contributed by atoms with Crippen molar-refractivity contribution in [2.45, 2.75) is 56.9 Å². The number of nitrogens with one attached hydrogen (secondary N) is 1. The first-order valence-electron chi connectivity index (χ1n) is 11.0. The van der Waals surface area contributed by atoms with Gasteiger partial charge in [0, 0.05) is 25.4 Å². The second-order valence-corrected chi connectivity index (χ2v) is 10.2. The van der Waals surface area contributed by atoms with Crippen molar-refractivity contribution in [2.75, 3.05) is 12.9 Å². The Kier molecular flexibility index (Phi) is 8.09. The number of ether oxygens (including phenoxy) is 3. The fraction of sp³-hybridized carbons (Fsp3) is 0.458. The molecular formula is C24H28N2O9S. The zero-order valence-corrected chi connectivity index (χ0v) is 21.3. The largest absolute Gasteiger partial charge is 0.477 e. The van der Waals surface area contributed by atoms with E-state index >= 15 is 0 Å². The van der Waals surface area contributed by atoms with Crippen LogP contribution in [-0.2, 0) is 38.2 Å². The second-order valence-electron chi connectivity index (χ2n) is 9.12. The van der Waals surface area contributed by atoms with E-state index in [0.29, 0.717) is 5.56 Å². The number of nitrogens with zero attached hydrogens (tertiary/aromatic N) is 1. The fourth-order valence-corrected chi connectivity index (χ4v) is 5.26. The minimum atomic E-state index is -1.54. The number of rotatable bonds is 8. The summed E-state index contributed by atoms with van der Waals surface area (Å²) in [6.07, 6.45) is -2.35. The average molecular weight is 521 g/mol. The van der Waals surface area contributed by atoms with Crippen molar-refractivity contribution in [3.05, 3.63) is 47.2 Å². The lowest BCUT2D eigenvalue weighted by Crippen LogP contribution is -2.66. The molecule has 3 rings (SSSR count). The van der Waals surface area contributed by atoms with E-state index in [1.165, 1.54) is 18.9 Å². The van der Waals surface area contributed by atoms with Gasteiger partial charge in [0.2, 0.25) is 12.1 Å². The van der Waals surface area contributed by atoms with Gasteiger partial charge >= 0.3 is 17.9 Å². The van der Waals surface area contributed by atoms with Gasteiger partial charge in [-0.2, -0.15) is 0 Å². The van der Waals surface area contributed by atoms with Gasteiger partial charge in [-0.1, -0.05) is 30.3 Å². The summed E-state index contributed by atoms with van der Waals surface area (Å²) >= 11 is 1.20. The van der Waals surface area contributed by atoms with Gasteiger partial charge in [-0.05, 0) is 26.3 Å². The topological polar surface area (TPSA) is 149 Å². The van der Waals surface area contributed by atoms with Crippen LogP contribution in [0.4, 0.5) is 0 Å². The van der Waals surface area contributed by atoms with Crippen LogP contribution in [0, 0.1) is 0 Å². The highest BCUT2D eigenvalue weighted by molar-refractivity contribution is 8.00. The number of carbonyl (C=O) groups is 5. The van der Waals surface area contributed by atoms with Crippen LogP contribution in [0.15, 0.2) is 41.6 Å². The number of carboxylic acid groups (broad SMARTS) is 1. The lowest BCUT2D eigenvalue weighted by atomic mass is 9.97. The van der Waals surface area contributed by atoms with Crippen molar-refractivity contribution in [3.63, 3.8) is 0 Å². The maximum Gasteiger partial charge on any atom is 0.352 e. The number of β-lactam (4-membered cyclic amide) rings is 1. The van der Waals surface area contributed by atoms with Gasteiger partial charge < -0.3 is 24.6 Å². The van der Waals surface area contributed by atoms with E-state index in [2.05, 4.69) is 5.32 Å². The molecule has 0 aromatic heterocycles. The van der Waals surface area contributed by atoms with Crippen LogP contribution in [0.5, 0.6) is 0 Å². The lowest BCUT2D eigenvalue weighted by molar-refractivity contribution is -0.162. The Balaban J connectivity index is 1.99. The third-order valence-corrected chi connectivity index (χ3v) is 6.59. The SMILES string of the molecule is CO[C@H]1C(=O)N2C(C(=O)O)=C(C(NC(=O)C(C(=O)OC(C)(C)C)c3ccccc3)OC(C)=O)CS[C@H]12. The summed E-state index contributed by atoms with van der Waals surface area (Å²) in [5.74, 6) is -5.90. The second kappa shape index (κ2) is 10.7. The molecule has 2 N–H and O–H groups in total. The first-order valence-corrected chi connectivity index (χ1v) is 12.1. The van der Waals surface area contributed by atoms with Crippen LogP contribution in [0.2, 0.25) is 0 Å². The van der Waals surface area contributed by atoms with Gasteiger partial charge in [-0.25, -0.2) is 4.79 Å². The number of esters is 2. The number of fused-ring (bicyclic) bond motifs is 1. The highest BCUT2D eigenvalue weighted by atomic mass is 32.2. The smallest absolute Gasteiger partial charge is 0.352 e. The number of hydrogen-bond acceptors (Lipinski definition) is 9. The van der Waals surface area contributed by atoms with E-state index in [9.17, 15) is 29.1 Å². The number of methoxy groups -OCH3 is 1. The Morgan fingerprint density at radius 1 is 1.17 bits per heavy atom. The van der Waals surface area contributed by atoms with Crippen molar-refractivity contribution in [1.29, 1.82) is 0 Å². The molecule has 1 aromatic rings. The first kappa shape index (κ1) is 27.2. The number of carboxylic acids is 1. The third-order valence-electron chi connectivity index (χ3n) is 5.32. The molecule has 194 valence electrons. The summed E-state index contributed by atoms with van der Waals surface area (Å²) in [6.45, 7) is 6.06. The number of amides is 2. The monoisotopic (exact) mass is 520 g/mol. The zero-order valence-electron chi connectivity index (χ0n) is 20.5. The molecule has 0 saturated carbocycles. The minimum absolute atomic E-state index is 0.00814. The first-order chi connectivity index (χ1) is 16.9. The van der Waals surface area contributed by atoms with Crippen molar-refractivity contribution in [1.82, 2.24) is 10.2 Å². The summed E-state index contributed by atoms with van der Waals surface area (Å²) in [5.41, 5.74) is -0.968. The maximum atomic E-state index is 13.4. The lowest BCUT2D eigenvalue weighted by Gasteiger charge is -2.49. The zero-order chi connectivity index (χ0) is 26.8. The van der Waals surface area contributed by atoms with Crippen LogP contribution in [0.25, 0.3) is 0 Å². The predicted molar refractivity (Wildman–Crippen MR) is 127 cm³/mol. The minimum Gasteiger partial charge on any atom is -0.477 e. The van der Waals surface area contributed by atoms with Crippen LogP contribution in [-0.4, -0.2) is 75.9 Å². The molecule has 4 atom stereocenters. The molecule has 11 nitrogen and oxygen atoms in total. The van der Waals surface area contributed by atoms with Crippen molar-refractivity contribution in [3.8, 4) is 0 Å². The molecule has 2 aliphatic heterocycles. The molecule has 0 aliphatic carbocycles. The Morgan fingerprint density at radius 3 is 2.33 bits per heavy atom. The number of hydrogen-bond donors (Lipinski definition) is 2. The fourth-order valence-electron chi connectivity index (χ4n) is 3.86. The Hall–Kier alpha value is -3.38. The van der Waals surface area contributed by atoms with Crippen LogP contribution < -0.4 is 5.32 Å². The Morgan fingerprint density at radius 2 is 1.81 bits per heavy atom. The van der Waals surface area contributed by atoms with Gasteiger partial charge in [0.15, 0.2) is 12.0 Å². The third kappa shape index (κ3) is 5.71. The van der Waals surface area contributed by atoms with Gasteiger partial charge in [-0.3, -0.25) is 24.1 Å². The molecule has 12 heteroatoms. The van der Waals surface area contributed by atoms with Gasteiger partial charge in [0.25, 0.3) is 5.91 Å². The van der Waals surface area contributed by atoms with Crippen LogP contribution >= 0.6 is 11.8 Å². The van der Waals surface area contributed by atoms with E-state index in [1.54, 1.807) is 51.1 Å². The Labute approximate surface area is 212 Å². The van der Waals surface area contributed by atoms with Crippen molar-refractivity contribution >= 4 is 41.5 Å². The van der Waals surface area contributed by atoms with Crippen molar-refractivity contribution < 1.29 is 43.3 Å². The molecule has 1 aromatic carbocycles. The predicted octanol–water partition coefficient (Wildman–Crippen LogP) is 1.39. The number of aliphatic carboxylic acids is 1. The van der Waals surface area contributed by atoms with Crippen LogP contribution in [0.3, 0.4) is 0 Å². The summed E-state index contributed by atoms with van der Waals surface area (Å²) < 4.78 is 15.8. The molecule has 2 amide bonds. The molecule has 2 unspecified atom stereocenters. The summed E-state index contributed by atoms with van der Waals surface area (Å²) in [7, 11) is 1.35. The highest BCUT2D eigenvalue weighted by Gasteiger charge is 2.55. The van der Waals surface area contributed by atoms with E-state index in [-0.39, 0.29) is 11.3 Å². The highest BCUT2D eigenvalue weighted by Crippen LogP contribution is 2.42. The summed E-state index contributed by atoms with van der Waals surface area (Å²) in [5, 5.41) is 11.8. The van der Waals surface area contributed by atoms with Gasteiger partial charge in [0.05, 0.1) is 0 Å². The van der Waals surface area contributed by atoms with E-state index in [1.807, 2.05) is 0 Å². The van der Waals surface area contributed by atoms with Crippen LogP contribution in [0.1, 0.15) is 39.2 Å². The molecule has 36 heavy (non-hydrogen) atoms. The van der Waals surface area contributed by atoms with E-state index in [0.717, 1.165) is 11.8 Å². The standard InChI is InChI=1S/C24H28N2O9S/c1-12(27)34-19(14-11-36-21-17(33-5)20(29)26(21)16(14)22(30)31)25-18(28)15(13-9-7-6-8-10-13)23(32)35-24(2,3)4/h6-10,15,17,19,21H,11H2,1-5H3,(H,25,28)(H,30,31)/t15?,17-,19?,21+/m0/s1. The normalized spacial score (nSPS) is 21.0. The maximum absolute atomic E-state index is 13.4. The van der Waals surface area contributed by atoms with E-state index in [4.69, 9.17) is 14.2 Å². The molecule has 0 radical (unpaired) electrons. The van der Waals surface area contributed by atoms with Crippen molar-refractivity contribution in [2.24, 2.45) is 0 Å².